The van der Waals surface area contributed by atoms with E-state index in [0.29, 0.717) is 66.8 Å². The molecule has 4 atom stereocenters. The molecule has 2 aliphatic rings. The van der Waals surface area contributed by atoms with Crippen LogP contribution in [0.1, 0.15) is 83.6 Å². The Balaban J connectivity index is 0.000000290. The fourth-order valence-electron chi connectivity index (χ4n) is 9.76. The van der Waals surface area contributed by atoms with E-state index >= 15 is 0 Å². The van der Waals surface area contributed by atoms with Gasteiger partial charge in [0.05, 0.1) is 19.1 Å². The van der Waals surface area contributed by atoms with Gasteiger partial charge in [0.2, 0.25) is 0 Å². The number of ether oxygens (including phenoxy) is 12. The Hall–Kier alpha value is -5.73. The van der Waals surface area contributed by atoms with Gasteiger partial charge in [0, 0.05) is 77.9 Å². The van der Waals surface area contributed by atoms with Gasteiger partial charge in [0.1, 0.15) is 72.4 Å². The molecule has 97 heavy (non-hydrogen) atoms. The van der Waals surface area contributed by atoms with Crippen LogP contribution in [0.3, 0.4) is 0 Å². The number of alkyl halides is 2. The van der Waals surface area contributed by atoms with E-state index in [4.69, 9.17) is 88.9 Å². The van der Waals surface area contributed by atoms with Crippen molar-refractivity contribution >= 4 is 63.4 Å². The van der Waals surface area contributed by atoms with E-state index < -0.39 is 27.7 Å². The van der Waals surface area contributed by atoms with E-state index in [9.17, 15) is 5.11 Å². The second-order valence-electron chi connectivity index (χ2n) is 26.5. The molecule has 0 bridgehead atoms. The molecule has 21 heteroatoms. The van der Waals surface area contributed by atoms with E-state index in [0.717, 1.165) is 49.9 Å². The number of benzene rings is 6. The van der Waals surface area contributed by atoms with Crippen LogP contribution in [0.4, 0.5) is 0 Å². The van der Waals surface area contributed by atoms with Crippen molar-refractivity contribution in [1.29, 1.82) is 0 Å². The second-order valence-corrected chi connectivity index (χ2v) is 38.9. The standard InChI is InChI=1S/C37H48O8SSi.C37H48O7SSi.C2H4Cl2/c1-35(2,3)47(7,8)45-23-22-42-30-16-14-29(15-17-30)41-21-9-20-37(38)33-19-18-32(44-27-40-6)24-34(33)46-25-36(37,4)28-10-12-31(13-11-28)43-26-39-5;1-36(2,3)46(7,8)44-23-22-41-30-17-15-29(16-18-30)40-21-9-10-34-33-20-19-32(43-27-39-6)24-35(33)45-25-37(34,4)28-11-13-31(14-12-28)42-26-38-5;3-1-2-4/h10-19,24,38H,21-23,25-27H2,1-8H3;11-20,24,34H,21-23,25-27H2,1-8H3;1-2H2. The summed E-state index contributed by atoms with van der Waals surface area (Å²) >= 11 is 13.6. The maximum absolute atomic E-state index is 12.5. The Bertz CT molecular complexity index is 3470. The van der Waals surface area contributed by atoms with E-state index in [-0.39, 0.29) is 61.8 Å². The summed E-state index contributed by atoms with van der Waals surface area (Å²) in [6.07, 6.45) is 0. The molecular formula is C76H100Cl2O15S2Si2. The summed E-state index contributed by atoms with van der Waals surface area (Å²) in [7, 11) is 2.81. The van der Waals surface area contributed by atoms with Crippen LogP contribution < -0.4 is 37.9 Å². The van der Waals surface area contributed by atoms with Gasteiger partial charge in [-0.3, -0.25) is 0 Å². The first kappa shape index (κ1) is 80.3. The molecule has 0 aromatic heterocycles. The summed E-state index contributed by atoms with van der Waals surface area (Å²) in [5, 5.41) is 12.9. The van der Waals surface area contributed by atoms with Gasteiger partial charge in [-0.25, -0.2) is 0 Å². The summed E-state index contributed by atoms with van der Waals surface area (Å²) in [4.78, 5) is 2.07. The van der Waals surface area contributed by atoms with Crippen LogP contribution in [0.25, 0.3) is 0 Å². The maximum atomic E-state index is 12.5. The zero-order valence-electron chi connectivity index (χ0n) is 59.4. The molecule has 0 spiro atoms. The molecule has 528 valence electrons. The Morgan fingerprint density at radius 2 is 0.835 bits per heavy atom. The van der Waals surface area contributed by atoms with Gasteiger partial charge >= 0.3 is 0 Å². The molecule has 0 saturated carbocycles. The lowest BCUT2D eigenvalue weighted by Gasteiger charge is -2.46. The highest BCUT2D eigenvalue weighted by Crippen LogP contribution is 2.54. The van der Waals surface area contributed by atoms with Crippen LogP contribution in [0, 0.1) is 23.7 Å². The number of aliphatic hydroxyl groups is 1. The highest BCUT2D eigenvalue weighted by atomic mass is 35.5. The molecule has 0 saturated heterocycles. The van der Waals surface area contributed by atoms with Gasteiger partial charge in [-0.1, -0.05) is 115 Å². The smallest absolute Gasteiger partial charge is 0.192 e. The van der Waals surface area contributed by atoms with Gasteiger partial charge in [-0.05, 0) is 150 Å². The lowest BCUT2D eigenvalue weighted by atomic mass is 9.66. The van der Waals surface area contributed by atoms with Crippen molar-refractivity contribution in [3.05, 3.63) is 156 Å². The average Bonchev–Trinajstić information content (AvgIpc) is 0.735. The molecule has 6 aromatic carbocycles. The van der Waals surface area contributed by atoms with Gasteiger partial charge < -0.3 is 70.8 Å². The molecule has 4 unspecified atom stereocenters. The van der Waals surface area contributed by atoms with Crippen molar-refractivity contribution in [2.45, 2.75) is 124 Å². The average molecular weight is 1440 g/mol. The Kier molecular flexibility index (Phi) is 31.6. The third kappa shape index (κ3) is 22.9. The molecule has 2 heterocycles. The van der Waals surface area contributed by atoms with E-state index in [2.05, 4.69) is 123 Å². The van der Waals surface area contributed by atoms with Crippen molar-refractivity contribution < 1.29 is 70.8 Å². The van der Waals surface area contributed by atoms with Crippen LogP contribution >= 0.6 is 46.7 Å². The maximum Gasteiger partial charge on any atom is 0.192 e. The molecule has 1 N–H and O–H groups in total. The lowest BCUT2D eigenvalue weighted by Crippen LogP contribution is -2.50. The number of hydrogen-bond acceptors (Lipinski definition) is 17. The minimum absolute atomic E-state index is 0.0566. The molecule has 15 nitrogen and oxygen atoms in total. The van der Waals surface area contributed by atoms with Crippen LogP contribution in [-0.4, -0.2) is 140 Å². The first-order valence-corrected chi connectivity index (χ1v) is 41.1. The number of thioether (sulfide) groups is 2. The lowest BCUT2D eigenvalue weighted by molar-refractivity contribution is 0.0228. The van der Waals surface area contributed by atoms with E-state index in [1.54, 1.807) is 40.2 Å². The Labute approximate surface area is 598 Å². The first-order chi connectivity index (χ1) is 46.2. The number of fused-ring (bicyclic) bond motifs is 2. The molecule has 2 aliphatic heterocycles. The summed E-state index contributed by atoms with van der Waals surface area (Å²) in [5.41, 5.74) is 1.51. The molecule has 6 aromatic rings. The molecule has 0 amide bonds. The van der Waals surface area contributed by atoms with Crippen LogP contribution in [0.15, 0.2) is 143 Å². The van der Waals surface area contributed by atoms with Gasteiger partial charge in [0.15, 0.2) is 49.4 Å². The van der Waals surface area contributed by atoms with Gasteiger partial charge in [-0.15, -0.1) is 46.7 Å². The van der Waals surface area contributed by atoms with Gasteiger partial charge in [0.25, 0.3) is 0 Å². The fourth-order valence-corrected chi connectivity index (χ4v) is 14.5. The topological polar surface area (TPSA) is 149 Å². The van der Waals surface area contributed by atoms with Crippen LogP contribution in [-0.2, 0) is 44.2 Å². The number of rotatable bonds is 29. The second kappa shape index (κ2) is 38.2. The minimum atomic E-state index is -1.80. The number of hydrogen-bond donors (Lipinski definition) is 1. The predicted molar refractivity (Wildman–Crippen MR) is 397 cm³/mol. The summed E-state index contributed by atoms with van der Waals surface area (Å²) in [5.74, 6) is 21.5. The van der Waals surface area contributed by atoms with Crippen LogP contribution in [0.2, 0.25) is 36.3 Å². The molecule has 8 rings (SSSR count). The summed E-state index contributed by atoms with van der Waals surface area (Å²) < 4.78 is 79.0. The zero-order chi connectivity index (χ0) is 70.8. The van der Waals surface area contributed by atoms with E-state index in [1.807, 2.05) is 128 Å². The third-order valence-electron chi connectivity index (χ3n) is 17.6. The minimum Gasteiger partial charge on any atom is -0.491 e. The third-order valence-corrected chi connectivity index (χ3v) is 30.0. The van der Waals surface area contributed by atoms with Gasteiger partial charge in [-0.2, -0.15) is 0 Å². The Morgan fingerprint density at radius 1 is 0.464 bits per heavy atom. The van der Waals surface area contributed by atoms with Crippen molar-refractivity contribution in [2.24, 2.45) is 0 Å². The quantitative estimate of drug-likeness (QED) is 0.0156. The molecular weight excluding hydrogens is 1340 g/mol. The fraction of sp³-hybridized carbons (Fsp3) is 0.474. The SMILES string of the molecule is COCOc1ccc(C2(C)CSc3cc(OCOC)ccc3C2(O)C#CCOc2ccc(OCCO[Si](C)(C)C(C)(C)C)cc2)cc1.COCOc1ccc(C2(C)CSc3cc(OCOC)ccc3C2C#CCOc2ccc(OCCO[Si](C)(C)C(C)(C)C)cc2)cc1.ClCCCl. The Morgan fingerprint density at radius 3 is 1.28 bits per heavy atom. The number of methoxy groups -OCH3 is 4. The normalized spacial score (nSPS) is 18.1. The molecule has 0 aliphatic carbocycles. The highest BCUT2D eigenvalue weighted by molar-refractivity contribution is 7.99. The van der Waals surface area contributed by atoms with Crippen LogP contribution in [0.5, 0.6) is 46.0 Å². The predicted octanol–water partition coefficient (Wildman–Crippen LogP) is 17.1. The highest BCUT2D eigenvalue weighted by Gasteiger charge is 2.53. The van der Waals surface area contributed by atoms with Crippen molar-refractivity contribution in [3.8, 4) is 69.7 Å². The van der Waals surface area contributed by atoms with Crippen molar-refractivity contribution in [1.82, 2.24) is 0 Å². The summed E-state index contributed by atoms with van der Waals surface area (Å²) in [6.45, 7) is 29.9. The van der Waals surface area contributed by atoms with Crippen molar-refractivity contribution in [2.75, 3.05) is 119 Å². The molecule has 0 fully saturated rings. The molecule has 0 radical (unpaired) electrons. The summed E-state index contributed by atoms with van der Waals surface area (Å²) in [6, 6.07) is 42.9. The van der Waals surface area contributed by atoms with Crippen molar-refractivity contribution in [3.63, 3.8) is 0 Å². The van der Waals surface area contributed by atoms with E-state index in [1.165, 1.54) is 11.1 Å². The zero-order valence-corrected chi connectivity index (χ0v) is 64.6. The first-order valence-electron chi connectivity index (χ1n) is 32.3. The number of halogens is 2. The monoisotopic (exact) mass is 1440 g/mol. The largest absolute Gasteiger partial charge is 0.491 e.